The number of aryl methyl sites for hydroxylation is 2. The minimum atomic E-state index is 0.209. The van der Waals surface area contributed by atoms with Gasteiger partial charge >= 0.3 is 0 Å². The van der Waals surface area contributed by atoms with Crippen LogP contribution in [0.2, 0.25) is 0 Å². The molecule has 0 amide bonds. The molecule has 0 spiro atoms. The monoisotopic (exact) mass is 470 g/mol. The molecule has 1 aliphatic carbocycles. The molecule has 3 aromatic heterocycles. The highest BCUT2D eigenvalue weighted by molar-refractivity contribution is 5.98. The lowest BCUT2D eigenvalue weighted by molar-refractivity contribution is 0.0975. The van der Waals surface area contributed by atoms with E-state index in [-0.39, 0.29) is 11.9 Å². The summed E-state index contributed by atoms with van der Waals surface area (Å²) in [5, 5.41) is 12.8. The van der Waals surface area contributed by atoms with E-state index >= 15 is 0 Å². The number of anilines is 1. The van der Waals surface area contributed by atoms with Crippen molar-refractivity contribution in [2.24, 2.45) is 13.0 Å². The number of carbonyl (C=O) groups is 1. The van der Waals surface area contributed by atoms with Gasteiger partial charge in [0.05, 0.1) is 29.4 Å². The Bertz CT molecular complexity index is 1390. The molecule has 180 valence electrons. The zero-order chi connectivity index (χ0) is 23.9. The van der Waals surface area contributed by atoms with Crippen LogP contribution in [0.5, 0.6) is 0 Å². The molecule has 2 aliphatic rings. The zero-order valence-corrected chi connectivity index (χ0v) is 20.2. The second-order valence-electron chi connectivity index (χ2n) is 9.78. The first-order valence-electron chi connectivity index (χ1n) is 12.4. The Morgan fingerprint density at radius 3 is 2.77 bits per heavy atom. The number of nitrogens with zero attached hydrogens (tertiary/aromatic N) is 5. The van der Waals surface area contributed by atoms with Gasteiger partial charge in [0, 0.05) is 43.9 Å². The minimum Gasteiger partial charge on any atom is -0.379 e. The molecule has 0 radical (unpaired) electrons. The Balaban J connectivity index is 1.39. The fourth-order valence-corrected chi connectivity index (χ4v) is 4.90. The lowest BCUT2D eigenvalue weighted by Gasteiger charge is -2.14. The van der Waals surface area contributed by atoms with Crippen molar-refractivity contribution in [2.75, 3.05) is 18.5 Å². The summed E-state index contributed by atoms with van der Waals surface area (Å²) in [6.07, 6.45) is 9.02. The molecule has 0 bridgehead atoms. The van der Waals surface area contributed by atoms with Crippen molar-refractivity contribution < 1.29 is 9.53 Å². The van der Waals surface area contributed by atoms with Crippen molar-refractivity contribution in [1.82, 2.24) is 24.4 Å². The highest BCUT2D eigenvalue weighted by Gasteiger charge is 2.26. The zero-order valence-electron chi connectivity index (χ0n) is 20.2. The third-order valence-corrected chi connectivity index (χ3v) is 7.09. The largest absolute Gasteiger partial charge is 0.379 e. The first-order valence-corrected chi connectivity index (χ1v) is 12.4. The predicted octanol–water partition coefficient (Wildman–Crippen LogP) is 4.68. The van der Waals surface area contributed by atoms with Gasteiger partial charge in [-0.15, -0.1) is 0 Å². The highest BCUT2D eigenvalue weighted by atomic mass is 16.5. The molecule has 8 nitrogen and oxygen atoms in total. The van der Waals surface area contributed by atoms with Crippen LogP contribution in [-0.2, 0) is 11.8 Å². The van der Waals surface area contributed by atoms with E-state index in [2.05, 4.69) is 16.5 Å². The number of imidazole rings is 1. The lowest BCUT2D eigenvalue weighted by atomic mass is 9.98. The van der Waals surface area contributed by atoms with Gasteiger partial charge in [0.2, 0.25) is 0 Å². The van der Waals surface area contributed by atoms with Crippen LogP contribution in [0.15, 0.2) is 42.7 Å². The van der Waals surface area contributed by atoms with E-state index in [1.165, 1.54) is 12.8 Å². The summed E-state index contributed by atoms with van der Waals surface area (Å²) in [5.41, 5.74) is 7.07. The Labute approximate surface area is 204 Å². The number of aromatic nitrogens is 5. The van der Waals surface area contributed by atoms with Gasteiger partial charge in [-0.3, -0.25) is 9.48 Å². The summed E-state index contributed by atoms with van der Waals surface area (Å²) < 4.78 is 9.52. The summed E-state index contributed by atoms with van der Waals surface area (Å²) in [6.45, 7) is 3.56. The summed E-state index contributed by atoms with van der Waals surface area (Å²) >= 11 is 0. The van der Waals surface area contributed by atoms with Gasteiger partial charge in [0.1, 0.15) is 5.69 Å². The molecule has 6 rings (SSSR count). The average molecular weight is 471 g/mol. The number of hydrogen-bond donors (Lipinski definition) is 1. The van der Waals surface area contributed by atoms with Crippen molar-refractivity contribution in [3.63, 3.8) is 0 Å². The molecule has 2 fully saturated rings. The molecule has 1 saturated carbocycles. The lowest BCUT2D eigenvalue weighted by Crippen LogP contribution is -2.19. The molecule has 1 aliphatic heterocycles. The predicted molar refractivity (Wildman–Crippen MR) is 134 cm³/mol. The van der Waals surface area contributed by atoms with Crippen molar-refractivity contribution in [1.29, 1.82) is 0 Å². The molecule has 1 saturated heterocycles. The maximum atomic E-state index is 12.7. The number of carbonyl (C=O) groups excluding carboxylic acids is 1. The summed E-state index contributed by atoms with van der Waals surface area (Å²) in [7, 11) is 1.91. The second kappa shape index (κ2) is 8.92. The first-order chi connectivity index (χ1) is 17.1. The first kappa shape index (κ1) is 22.0. The molecule has 1 aromatic carbocycles. The van der Waals surface area contributed by atoms with E-state index in [0.717, 1.165) is 71.1 Å². The molecule has 0 unspecified atom stereocenters. The van der Waals surface area contributed by atoms with Gasteiger partial charge in [-0.05, 0) is 62.3 Å². The number of rotatable bonds is 8. The molecule has 8 heteroatoms. The van der Waals surface area contributed by atoms with Crippen LogP contribution in [0.3, 0.4) is 0 Å². The average Bonchev–Trinajstić information content (AvgIpc) is 3.22. The Hall–Kier alpha value is -3.52. The maximum absolute atomic E-state index is 12.7. The third kappa shape index (κ3) is 4.34. The van der Waals surface area contributed by atoms with Crippen LogP contribution in [-0.4, -0.2) is 49.4 Å². The molecule has 4 heterocycles. The van der Waals surface area contributed by atoms with E-state index in [4.69, 9.17) is 14.8 Å². The van der Waals surface area contributed by atoms with Crippen LogP contribution >= 0.6 is 0 Å². The molecular weight excluding hydrogens is 440 g/mol. The van der Waals surface area contributed by atoms with Gasteiger partial charge in [0.15, 0.2) is 11.4 Å². The normalized spacial score (nSPS) is 17.8. The summed E-state index contributed by atoms with van der Waals surface area (Å²) in [6, 6.07) is 10.0. The van der Waals surface area contributed by atoms with Gasteiger partial charge in [-0.2, -0.15) is 10.2 Å². The minimum absolute atomic E-state index is 0.209. The van der Waals surface area contributed by atoms with Crippen molar-refractivity contribution in [3.05, 3.63) is 53.9 Å². The van der Waals surface area contributed by atoms with Crippen LogP contribution in [0, 0.1) is 12.8 Å². The standard InChI is InChI=1S/C27H30N6O2/c1-17-12-19(7-8-21(17)26(34)13-18-5-6-18)25-16-29-27-23(28-15-20-4-3-11-35-20)14-22(31-33(25)27)24-9-10-30-32(24)2/h7-10,12,14,16,18,20,28H,3-6,11,13,15H2,1-2H3/t20-/m1/s1. The van der Waals surface area contributed by atoms with Gasteiger partial charge < -0.3 is 10.1 Å². The SMILES string of the molecule is Cc1cc(-c2cnc3c(NC[C@H]4CCCO4)cc(-c4ccnn4C)nn23)ccc1C(=O)CC1CC1. The van der Waals surface area contributed by atoms with Crippen molar-refractivity contribution >= 4 is 17.1 Å². The van der Waals surface area contributed by atoms with E-state index in [1.807, 2.05) is 53.6 Å². The fourth-order valence-electron chi connectivity index (χ4n) is 4.90. The summed E-state index contributed by atoms with van der Waals surface area (Å²) in [4.78, 5) is 17.4. The topological polar surface area (TPSA) is 86.3 Å². The molecule has 1 atom stereocenters. The van der Waals surface area contributed by atoms with Gasteiger partial charge in [-0.1, -0.05) is 12.1 Å². The smallest absolute Gasteiger partial charge is 0.177 e. The Morgan fingerprint density at radius 2 is 2.06 bits per heavy atom. The molecule has 4 aromatic rings. The fraction of sp³-hybridized carbons (Fsp3) is 0.407. The van der Waals surface area contributed by atoms with Crippen LogP contribution in [0.25, 0.3) is 28.3 Å². The van der Waals surface area contributed by atoms with Gasteiger partial charge in [-0.25, -0.2) is 9.50 Å². The second-order valence-corrected chi connectivity index (χ2v) is 9.78. The Morgan fingerprint density at radius 1 is 1.17 bits per heavy atom. The number of benzene rings is 1. The van der Waals surface area contributed by atoms with E-state index < -0.39 is 0 Å². The van der Waals surface area contributed by atoms with E-state index in [1.54, 1.807) is 6.20 Å². The van der Waals surface area contributed by atoms with Crippen molar-refractivity contribution in [2.45, 2.75) is 45.1 Å². The van der Waals surface area contributed by atoms with Crippen LogP contribution in [0.1, 0.15) is 48.0 Å². The third-order valence-electron chi connectivity index (χ3n) is 7.09. The number of ketones is 1. The molecule has 1 N–H and O–H groups in total. The van der Waals surface area contributed by atoms with Gasteiger partial charge in [0.25, 0.3) is 0 Å². The Kier molecular flexibility index (Phi) is 5.60. The van der Waals surface area contributed by atoms with E-state index in [9.17, 15) is 4.79 Å². The molecular formula is C27H30N6O2. The van der Waals surface area contributed by atoms with Crippen molar-refractivity contribution in [3.8, 4) is 22.6 Å². The number of nitrogens with one attached hydrogen (secondary N) is 1. The number of ether oxygens (including phenoxy) is 1. The number of Topliss-reactive ketones (excluding diaryl/α,β-unsaturated/α-hetero) is 1. The number of fused-ring (bicyclic) bond motifs is 1. The quantitative estimate of drug-likeness (QED) is 0.376. The molecule has 35 heavy (non-hydrogen) atoms. The van der Waals surface area contributed by atoms with Crippen LogP contribution in [0.4, 0.5) is 5.69 Å². The van der Waals surface area contributed by atoms with E-state index in [0.29, 0.717) is 12.3 Å². The maximum Gasteiger partial charge on any atom is 0.177 e. The summed E-state index contributed by atoms with van der Waals surface area (Å²) in [5.74, 6) is 0.822. The van der Waals surface area contributed by atoms with Crippen LogP contribution < -0.4 is 5.32 Å². The highest BCUT2D eigenvalue weighted by Crippen LogP contribution is 2.34. The number of hydrogen-bond acceptors (Lipinski definition) is 6.